The number of hydrogen-bond donors (Lipinski definition) is 2. The molecule has 0 aliphatic carbocycles. The van der Waals surface area contributed by atoms with E-state index in [1.807, 2.05) is 38.1 Å². The van der Waals surface area contributed by atoms with Gasteiger partial charge >= 0.3 is 0 Å². The first kappa shape index (κ1) is 20.4. The van der Waals surface area contributed by atoms with Crippen molar-refractivity contribution in [3.8, 4) is 5.75 Å². The van der Waals surface area contributed by atoms with Crippen molar-refractivity contribution in [2.45, 2.75) is 27.7 Å². The molecule has 138 valence electrons. The molecule has 2 aromatic rings. The van der Waals surface area contributed by atoms with Gasteiger partial charge in [0.2, 0.25) is 0 Å². The number of hydrogen-bond acceptors (Lipinski definition) is 3. The van der Waals surface area contributed by atoms with E-state index >= 15 is 0 Å². The number of carbonyl (C=O) groups is 1. The zero-order valence-electron chi connectivity index (χ0n) is 15.4. The molecule has 0 spiro atoms. The van der Waals surface area contributed by atoms with Crippen molar-refractivity contribution in [1.82, 2.24) is 5.32 Å². The fourth-order valence-corrected chi connectivity index (χ4v) is 2.94. The lowest BCUT2D eigenvalue weighted by molar-refractivity contribution is 0.0973. The molecule has 0 unspecified atom stereocenters. The highest BCUT2D eigenvalue weighted by atomic mass is 79.9. The van der Waals surface area contributed by atoms with Crippen LogP contribution in [0.2, 0.25) is 0 Å². The molecule has 2 N–H and O–H groups in total. The molecule has 0 bridgehead atoms. The van der Waals surface area contributed by atoms with Crippen molar-refractivity contribution >= 4 is 44.9 Å². The number of rotatable bonds is 5. The topological polar surface area (TPSA) is 50.4 Å². The highest BCUT2D eigenvalue weighted by molar-refractivity contribution is 9.10. The van der Waals surface area contributed by atoms with Crippen molar-refractivity contribution in [2.75, 3.05) is 11.9 Å². The fourth-order valence-electron chi connectivity index (χ4n) is 2.39. The molecule has 0 atom stereocenters. The van der Waals surface area contributed by atoms with Gasteiger partial charge in [-0.15, -0.1) is 0 Å². The SMILES string of the molecule is Cc1cccc(C)c1NC(=S)NC(=O)c1cc(Br)ccc1OCC(C)C. The Hall–Kier alpha value is -1.92. The maximum absolute atomic E-state index is 12.7. The first-order valence-corrected chi connectivity index (χ1v) is 9.59. The van der Waals surface area contributed by atoms with Gasteiger partial charge in [0.05, 0.1) is 12.2 Å². The van der Waals surface area contributed by atoms with Crippen LogP contribution in [0, 0.1) is 19.8 Å². The van der Waals surface area contributed by atoms with Gasteiger partial charge in [0.15, 0.2) is 5.11 Å². The Morgan fingerprint density at radius 2 is 1.85 bits per heavy atom. The molecule has 2 rings (SSSR count). The average Bonchev–Trinajstić information content (AvgIpc) is 2.57. The molecule has 0 aliphatic heterocycles. The van der Waals surface area contributed by atoms with Gasteiger partial charge in [-0.1, -0.05) is 48.0 Å². The standard InChI is InChI=1S/C20H23BrN2O2S/c1-12(2)11-25-17-9-8-15(21)10-16(17)19(24)23-20(26)22-18-13(3)6-5-7-14(18)4/h5-10,12H,11H2,1-4H3,(H2,22,23,24,26). The van der Waals surface area contributed by atoms with Gasteiger partial charge in [-0.25, -0.2) is 0 Å². The Morgan fingerprint density at radius 3 is 2.46 bits per heavy atom. The molecule has 0 saturated heterocycles. The van der Waals surface area contributed by atoms with E-state index in [1.165, 1.54) is 0 Å². The first-order chi connectivity index (χ1) is 12.3. The normalized spacial score (nSPS) is 10.5. The van der Waals surface area contributed by atoms with Crippen molar-refractivity contribution < 1.29 is 9.53 Å². The molecule has 4 nitrogen and oxygen atoms in total. The van der Waals surface area contributed by atoms with Crippen molar-refractivity contribution in [3.63, 3.8) is 0 Å². The number of carbonyl (C=O) groups excluding carboxylic acids is 1. The Kier molecular flexibility index (Phi) is 7.17. The minimum absolute atomic E-state index is 0.252. The third-order valence-corrected chi connectivity index (χ3v) is 4.40. The summed E-state index contributed by atoms with van der Waals surface area (Å²) in [6.07, 6.45) is 0. The summed E-state index contributed by atoms with van der Waals surface area (Å²) in [5.41, 5.74) is 3.46. The van der Waals surface area contributed by atoms with Crippen LogP contribution in [0.25, 0.3) is 0 Å². The summed E-state index contributed by atoms with van der Waals surface area (Å²) in [7, 11) is 0. The lowest BCUT2D eigenvalue weighted by Gasteiger charge is -2.16. The van der Waals surface area contributed by atoms with Gasteiger partial charge in [0.25, 0.3) is 5.91 Å². The molecule has 6 heteroatoms. The van der Waals surface area contributed by atoms with E-state index < -0.39 is 0 Å². The smallest absolute Gasteiger partial charge is 0.261 e. The van der Waals surface area contributed by atoms with Crippen LogP contribution in [0.4, 0.5) is 5.69 Å². The second-order valence-electron chi connectivity index (χ2n) is 6.52. The van der Waals surface area contributed by atoms with Crippen LogP contribution < -0.4 is 15.4 Å². The lowest BCUT2D eigenvalue weighted by atomic mass is 10.1. The van der Waals surface area contributed by atoms with E-state index in [9.17, 15) is 4.79 Å². The number of anilines is 1. The monoisotopic (exact) mass is 434 g/mol. The Labute approximate surface area is 168 Å². The Morgan fingerprint density at radius 1 is 1.19 bits per heavy atom. The molecule has 0 aliphatic rings. The third kappa shape index (κ3) is 5.54. The molecule has 0 radical (unpaired) electrons. The summed E-state index contributed by atoms with van der Waals surface area (Å²) >= 11 is 8.72. The van der Waals surface area contributed by atoms with Crippen molar-refractivity contribution in [2.24, 2.45) is 5.92 Å². The Bertz CT molecular complexity index is 801. The number of aryl methyl sites for hydroxylation is 2. The van der Waals surface area contributed by atoms with E-state index in [-0.39, 0.29) is 11.0 Å². The lowest BCUT2D eigenvalue weighted by Crippen LogP contribution is -2.34. The number of para-hydroxylation sites is 1. The minimum Gasteiger partial charge on any atom is -0.492 e. The van der Waals surface area contributed by atoms with Crippen LogP contribution >= 0.6 is 28.1 Å². The number of amides is 1. The van der Waals surface area contributed by atoms with Gasteiger partial charge in [0, 0.05) is 10.2 Å². The minimum atomic E-state index is -0.311. The summed E-state index contributed by atoms with van der Waals surface area (Å²) in [5, 5.41) is 6.10. The van der Waals surface area contributed by atoms with E-state index in [0.717, 1.165) is 21.3 Å². The summed E-state index contributed by atoms with van der Waals surface area (Å²) < 4.78 is 6.57. The third-order valence-electron chi connectivity index (χ3n) is 3.71. The van der Waals surface area contributed by atoms with E-state index in [4.69, 9.17) is 17.0 Å². The highest BCUT2D eigenvalue weighted by Gasteiger charge is 2.16. The quantitative estimate of drug-likeness (QED) is 0.632. The van der Waals surface area contributed by atoms with Crippen molar-refractivity contribution in [3.05, 3.63) is 57.6 Å². The number of thiocarbonyl (C=S) groups is 1. The second kappa shape index (κ2) is 9.14. The number of nitrogens with one attached hydrogen (secondary N) is 2. The molecular weight excluding hydrogens is 412 g/mol. The summed E-state index contributed by atoms with van der Waals surface area (Å²) in [4.78, 5) is 12.7. The molecule has 1 amide bonds. The molecule has 0 aromatic heterocycles. The van der Waals surface area contributed by atoms with E-state index in [0.29, 0.717) is 23.8 Å². The number of halogens is 1. The number of benzene rings is 2. The zero-order chi connectivity index (χ0) is 19.3. The molecule has 0 fully saturated rings. The molecule has 26 heavy (non-hydrogen) atoms. The van der Waals surface area contributed by atoms with Gasteiger partial charge < -0.3 is 10.1 Å². The second-order valence-corrected chi connectivity index (χ2v) is 7.84. The predicted molar refractivity (Wildman–Crippen MR) is 114 cm³/mol. The zero-order valence-corrected chi connectivity index (χ0v) is 17.8. The maximum atomic E-state index is 12.7. The molecule has 0 saturated carbocycles. The predicted octanol–water partition coefficient (Wildman–Crippen LogP) is 5.23. The van der Waals surface area contributed by atoms with Gasteiger partial charge in [-0.2, -0.15) is 0 Å². The Balaban J connectivity index is 2.14. The van der Waals surface area contributed by atoms with Crippen LogP contribution in [0.3, 0.4) is 0 Å². The van der Waals surface area contributed by atoms with Crippen LogP contribution in [0.1, 0.15) is 35.3 Å². The largest absolute Gasteiger partial charge is 0.492 e. The highest BCUT2D eigenvalue weighted by Crippen LogP contribution is 2.24. The van der Waals surface area contributed by atoms with E-state index in [1.54, 1.807) is 12.1 Å². The van der Waals surface area contributed by atoms with Crippen LogP contribution in [0.15, 0.2) is 40.9 Å². The maximum Gasteiger partial charge on any atom is 0.261 e. The van der Waals surface area contributed by atoms with Gasteiger partial charge in [-0.05, 0) is 61.3 Å². The van der Waals surface area contributed by atoms with Gasteiger partial charge in [-0.3, -0.25) is 10.1 Å². The summed E-state index contributed by atoms with van der Waals surface area (Å²) in [6, 6.07) is 11.3. The van der Waals surface area contributed by atoms with E-state index in [2.05, 4.69) is 40.4 Å². The average molecular weight is 435 g/mol. The number of ether oxygens (including phenoxy) is 1. The fraction of sp³-hybridized carbons (Fsp3) is 0.300. The summed E-state index contributed by atoms with van der Waals surface area (Å²) in [6.45, 7) is 8.63. The summed E-state index contributed by atoms with van der Waals surface area (Å²) in [5.74, 6) is 0.587. The van der Waals surface area contributed by atoms with Crippen molar-refractivity contribution in [1.29, 1.82) is 0 Å². The van der Waals surface area contributed by atoms with Crippen LogP contribution in [0.5, 0.6) is 5.75 Å². The molecule has 0 heterocycles. The first-order valence-electron chi connectivity index (χ1n) is 8.39. The van der Waals surface area contributed by atoms with Crippen LogP contribution in [-0.2, 0) is 0 Å². The van der Waals surface area contributed by atoms with Crippen LogP contribution in [-0.4, -0.2) is 17.6 Å². The molecular formula is C20H23BrN2O2S. The molecule has 2 aromatic carbocycles. The van der Waals surface area contributed by atoms with Gasteiger partial charge in [0.1, 0.15) is 5.75 Å².